The summed E-state index contributed by atoms with van der Waals surface area (Å²) >= 11 is 0. The number of esters is 1. The Morgan fingerprint density at radius 1 is 0.892 bits per heavy atom. The maximum atomic E-state index is 13.5. The van der Waals surface area contributed by atoms with Crippen LogP contribution in [0, 0.1) is 11.8 Å². The van der Waals surface area contributed by atoms with Gasteiger partial charge in [0.2, 0.25) is 0 Å². The lowest BCUT2D eigenvalue weighted by atomic mass is 9.48. The molecule has 0 radical (unpaired) electrons. The van der Waals surface area contributed by atoms with Gasteiger partial charge >= 0.3 is 5.97 Å². The third-order valence-corrected chi connectivity index (χ3v) is 9.47. The van der Waals surface area contributed by atoms with Gasteiger partial charge in [-0.15, -0.1) is 12.4 Å². The number of carbonyl (C=O) groups excluding carboxylic acids is 1. The minimum Gasteiger partial charge on any atom is -0.465 e. The number of nitrogens with zero attached hydrogens (tertiary/aromatic N) is 1. The first-order chi connectivity index (χ1) is 17.7. The van der Waals surface area contributed by atoms with Crippen LogP contribution in [0.5, 0.6) is 0 Å². The molecule has 194 valence electrons. The van der Waals surface area contributed by atoms with Crippen molar-refractivity contribution in [3.8, 4) is 0 Å². The number of ether oxygens (including phenoxy) is 1. The number of carbonyl (C=O) groups is 1. The molecular formula is C33H38ClNO2. The molecule has 5 atom stereocenters. The Morgan fingerprint density at radius 3 is 2.24 bits per heavy atom. The molecule has 0 N–H and O–H groups in total. The van der Waals surface area contributed by atoms with Gasteiger partial charge < -0.3 is 4.74 Å². The summed E-state index contributed by atoms with van der Waals surface area (Å²) in [6, 6.07) is 31.0. The molecule has 4 heteroatoms. The molecule has 2 aliphatic heterocycles. The van der Waals surface area contributed by atoms with E-state index in [0.717, 1.165) is 45.1 Å². The van der Waals surface area contributed by atoms with E-state index in [1.165, 1.54) is 16.7 Å². The van der Waals surface area contributed by atoms with Gasteiger partial charge in [-0.1, -0.05) is 91.9 Å². The molecule has 0 spiro atoms. The van der Waals surface area contributed by atoms with Crippen molar-refractivity contribution < 1.29 is 9.53 Å². The molecule has 4 aliphatic rings. The number of benzene rings is 3. The molecule has 37 heavy (non-hydrogen) atoms. The molecule has 0 aromatic heterocycles. The van der Waals surface area contributed by atoms with Gasteiger partial charge in [-0.25, -0.2) is 0 Å². The highest BCUT2D eigenvalue weighted by Gasteiger charge is 2.62. The summed E-state index contributed by atoms with van der Waals surface area (Å²) in [5, 5.41) is 0. The number of piperidine rings is 2. The van der Waals surface area contributed by atoms with E-state index in [2.05, 4.69) is 78.6 Å². The van der Waals surface area contributed by atoms with Crippen LogP contribution in [0.15, 0.2) is 84.9 Å². The second-order valence-corrected chi connectivity index (χ2v) is 11.0. The average molecular weight is 516 g/mol. The van der Waals surface area contributed by atoms with Crippen LogP contribution in [0.4, 0.5) is 0 Å². The van der Waals surface area contributed by atoms with Crippen LogP contribution in [-0.2, 0) is 34.2 Å². The highest BCUT2D eigenvalue weighted by Crippen LogP contribution is 2.59. The monoisotopic (exact) mass is 515 g/mol. The summed E-state index contributed by atoms with van der Waals surface area (Å²) < 4.78 is 5.94. The van der Waals surface area contributed by atoms with E-state index < -0.39 is 0 Å². The Hall–Kier alpha value is -2.62. The second kappa shape index (κ2) is 11.0. The van der Waals surface area contributed by atoms with Crippen molar-refractivity contribution in [2.24, 2.45) is 11.8 Å². The fourth-order valence-electron chi connectivity index (χ4n) is 7.76. The van der Waals surface area contributed by atoms with Gasteiger partial charge in [0.25, 0.3) is 0 Å². The first kappa shape index (κ1) is 26.0. The van der Waals surface area contributed by atoms with E-state index in [1.807, 2.05) is 18.2 Å². The van der Waals surface area contributed by atoms with Gasteiger partial charge in [-0.2, -0.15) is 0 Å². The molecule has 1 saturated carbocycles. The predicted octanol–water partition coefficient (Wildman–Crippen LogP) is 6.42. The van der Waals surface area contributed by atoms with Crippen LogP contribution in [0.25, 0.3) is 0 Å². The fourth-order valence-corrected chi connectivity index (χ4v) is 7.76. The average Bonchev–Trinajstić information content (AvgIpc) is 2.93. The predicted molar refractivity (Wildman–Crippen MR) is 151 cm³/mol. The fraction of sp³-hybridized carbons (Fsp3) is 0.424. The number of hydrogen-bond acceptors (Lipinski definition) is 3. The van der Waals surface area contributed by atoms with Gasteiger partial charge in [0.05, 0.1) is 12.5 Å². The third-order valence-electron chi connectivity index (χ3n) is 9.47. The van der Waals surface area contributed by atoms with E-state index in [9.17, 15) is 4.79 Å². The molecule has 2 saturated heterocycles. The van der Waals surface area contributed by atoms with Crippen molar-refractivity contribution in [3.63, 3.8) is 0 Å². The zero-order chi connectivity index (χ0) is 24.5. The zero-order valence-corrected chi connectivity index (χ0v) is 22.5. The van der Waals surface area contributed by atoms with E-state index in [1.54, 1.807) is 5.56 Å². The maximum absolute atomic E-state index is 13.5. The van der Waals surface area contributed by atoms with Gasteiger partial charge in [0.15, 0.2) is 0 Å². The maximum Gasteiger partial charge on any atom is 0.310 e. The van der Waals surface area contributed by atoms with Gasteiger partial charge in [0, 0.05) is 30.5 Å². The molecule has 3 aromatic rings. The Labute approximate surface area is 227 Å². The minimum atomic E-state index is -0.0252. The smallest absolute Gasteiger partial charge is 0.310 e. The zero-order valence-electron chi connectivity index (χ0n) is 21.7. The van der Waals surface area contributed by atoms with Crippen molar-refractivity contribution in [2.75, 3.05) is 13.2 Å². The quantitative estimate of drug-likeness (QED) is 0.324. The Kier molecular flexibility index (Phi) is 7.74. The van der Waals surface area contributed by atoms with Gasteiger partial charge in [-0.3, -0.25) is 9.69 Å². The van der Waals surface area contributed by atoms with Crippen LogP contribution in [0.3, 0.4) is 0 Å². The highest BCUT2D eigenvalue weighted by atomic mass is 35.5. The van der Waals surface area contributed by atoms with Crippen molar-refractivity contribution in [2.45, 2.75) is 62.9 Å². The summed E-state index contributed by atoms with van der Waals surface area (Å²) in [6.45, 7) is 3.83. The molecule has 3 aromatic carbocycles. The number of rotatable bonds is 8. The Balaban J connectivity index is 0.00000280. The Morgan fingerprint density at radius 2 is 1.54 bits per heavy atom. The van der Waals surface area contributed by atoms with Crippen LogP contribution in [0.2, 0.25) is 0 Å². The lowest BCUT2D eigenvalue weighted by Crippen LogP contribution is -2.70. The van der Waals surface area contributed by atoms with Crippen molar-refractivity contribution in [3.05, 3.63) is 107 Å². The molecule has 2 heterocycles. The van der Waals surface area contributed by atoms with E-state index in [-0.39, 0.29) is 35.8 Å². The van der Waals surface area contributed by atoms with Crippen molar-refractivity contribution in [1.82, 2.24) is 4.90 Å². The lowest BCUT2D eigenvalue weighted by molar-refractivity contribution is -0.167. The second-order valence-electron chi connectivity index (χ2n) is 11.0. The van der Waals surface area contributed by atoms with Crippen LogP contribution in [-0.4, -0.2) is 36.1 Å². The molecule has 2 aliphatic carbocycles. The number of hydrogen-bond donors (Lipinski definition) is 0. The van der Waals surface area contributed by atoms with Gasteiger partial charge in [0.1, 0.15) is 0 Å². The van der Waals surface area contributed by atoms with Crippen molar-refractivity contribution >= 4 is 18.4 Å². The first-order valence-electron chi connectivity index (χ1n) is 13.8. The summed E-state index contributed by atoms with van der Waals surface area (Å²) in [7, 11) is 0. The van der Waals surface area contributed by atoms with E-state index in [4.69, 9.17) is 4.74 Å². The Bertz CT molecular complexity index is 1200. The molecule has 3 nitrogen and oxygen atoms in total. The molecule has 7 rings (SSSR count). The number of fused-ring (bicyclic) bond motifs is 2. The summed E-state index contributed by atoms with van der Waals surface area (Å²) in [5.41, 5.74) is 5.86. The first-order valence-corrected chi connectivity index (χ1v) is 13.8. The van der Waals surface area contributed by atoms with Crippen molar-refractivity contribution in [1.29, 1.82) is 0 Å². The topological polar surface area (TPSA) is 29.5 Å². The molecular weight excluding hydrogens is 478 g/mol. The largest absolute Gasteiger partial charge is 0.465 e. The lowest BCUT2D eigenvalue weighted by Gasteiger charge is -2.65. The van der Waals surface area contributed by atoms with E-state index >= 15 is 0 Å². The normalized spacial score (nSPS) is 27.7. The SMILES string of the molecule is CC[C@@]12CC3C(C(=O)OCCc4ccccc4)CC1C(Cc1ccccc12)N3CCc1ccccc1.Cl. The van der Waals surface area contributed by atoms with Crippen LogP contribution >= 0.6 is 12.4 Å². The van der Waals surface area contributed by atoms with E-state index in [0.29, 0.717) is 18.6 Å². The molecule has 0 amide bonds. The highest BCUT2D eigenvalue weighted by molar-refractivity contribution is 5.85. The van der Waals surface area contributed by atoms with Gasteiger partial charge in [-0.05, 0) is 60.3 Å². The summed E-state index contributed by atoms with van der Waals surface area (Å²) in [5.74, 6) is 0.496. The minimum absolute atomic E-state index is 0. The molecule has 4 unspecified atom stereocenters. The standard InChI is InChI=1S/C33H37NO2.ClH/c1-2-33-23-31-27(32(35)36-20-18-25-13-7-4-8-14-25)22-29(33)30(21-26-15-9-10-16-28(26)33)34(31)19-17-24-11-5-3-6-12-24;/h3-16,27,29-31H,2,17-23H2,1H3;1H/t27?,29?,30?,31?,33-;/m0./s1. The summed E-state index contributed by atoms with van der Waals surface area (Å²) in [4.78, 5) is 16.2. The number of halogens is 1. The van der Waals surface area contributed by atoms with Crippen LogP contribution < -0.4 is 0 Å². The molecule has 4 bridgehead atoms. The molecule has 3 fully saturated rings. The summed E-state index contributed by atoms with van der Waals surface area (Å²) in [6.07, 6.45) is 6.07. The third kappa shape index (κ3) is 4.73. The van der Waals surface area contributed by atoms with Crippen LogP contribution in [0.1, 0.15) is 48.4 Å².